The van der Waals surface area contributed by atoms with Gasteiger partial charge in [-0.05, 0) is 42.0 Å². The van der Waals surface area contributed by atoms with Gasteiger partial charge >= 0.3 is 5.97 Å². The fourth-order valence-electron chi connectivity index (χ4n) is 4.15. The van der Waals surface area contributed by atoms with Gasteiger partial charge in [0.15, 0.2) is 5.78 Å². The molecule has 1 aliphatic rings. The lowest BCUT2D eigenvalue weighted by Gasteiger charge is -2.38. The molecule has 0 unspecified atom stereocenters. The van der Waals surface area contributed by atoms with E-state index in [1.54, 1.807) is 13.0 Å². The number of ketones is 2. The van der Waals surface area contributed by atoms with Gasteiger partial charge in [0.1, 0.15) is 11.2 Å². The maximum Gasteiger partial charge on any atom is 0.320 e. The van der Waals surface area contributed by atoms with Gasteiger partial charge in [0.05, 0.1) is 7.11 Å². The number of methoxy groups -OCH3 is 1. The Hall–Kier alpha value is -2.49. The molecule has 130 valence electrons. The second-order valence-corrected chi connectivity index (χ2v) is 6.91. The number of ether oxygens (including phenoxy) is 1. The third kappa shape index (κ3) is 2.66. The molecule has 4 heteroatoms. The molecular weight excluding hydrogens is 316 g/mol. The number of carbonyl (C=O) groups is 3. The van der Waals surface area contributed by atoms with Crippen LogP contribution in [0.4, 0.5) is 0 Å². The zero-order valence-electron chi connectivity index (χ0n) is 14.8. The Bertz CT molecular complexity index is 867. The zero-order chi connectivity index (χ0) is 18.2. The van der Waals surface area contributed by atoms with E-state index in [1.807, 2.05) is 30.3 Å². The number of benzene rings is 2. The molecule has 0 heterocycles. The highest BCUT2D eigenvalue weighted by atomic mass is 16.5. The Kier molecular flexibility index (Phi) is 4.46. The predicted octanol–water partition coefficient (Wildman–Crippen LogP) is 3.74. The Balaban J connectivity index is 2.15. The van der Waals surface area contributed by atoms with Crippen LogP contribution in [0.2, 0.25) is 0 Å². The molecular formula is C21H22O4. The summed E-state index contributed by atoms with van der Waals surface area (Å²) in [7, 11) is 1.30. The number of aryl methyl sites for hydroxylation is 1. The van der Waals surface area contributed by atoms with Gasteiger partial charge in [-0.3, -0.25) is 9.59 Å². The summed E-state index contributed by atoms with van der Waals surface area (Å²) >= 11 is 0. The molecule has 0 amide bonds. The first-order valence-electron chi connectivity index (χ1n) is 8.55. The van der Waals surface area contributed by atoms with Crippen LogP contribution in [0, 0.1) is 11.3 Å². The van der Waals surface area contributed by atoms with Gasteiger partial charge in [-0.15, -0.1) is 0 Å². The smallest absolute Gasteiger partial charge is 0.320 e. The van der Waals surface area contributed by atoms with E-state index in [9.17, 15) is 14.4 Å². The summed E-state index contributed by atoms with van der Waals surface area (Å²) in [5.74, 6) is -1.19. The van der Waals surface area contributed by atoms with Gasteiger partial charge in [0.2, 0.25) is 0 Å². The van der Waals surface area contributed by atoms with Crippen LogP contribution in [0.5, 0.6) is 0 Å². The average Bonchev–Trinajstić information content (AvgIpc) is 2.60. The van der Waals surface area contributed by atoms with Crippen molar-refractivity contribution in [3.63, 3.8) is 0 Å². The van der Waals surface area contributed by atoms with Crippen molar-refractivity contribution in [2.75, 3.05) is 7.11 Å². The monoisotopic (exact) mass is 338 g/mol. The minimum Gasteiger partial charge on any atom is -0.468 e. The Morgan fingerprint density at radius 1 is 1.20 bits per heavy atom. The molecule has 2 aromatic rings. The molecule has 0 radical (unpaired) electrons. The molecule has 0 spiro atoms. The molecule has 2 atom stereocenters. The van der Waals surface area contributed by atoms with Crippen molar-refractivity contribution in [1.82, 2.24) is 0 Å². The van der Waals surface area contributed by atoms with Crippen LogP contribution in [0.25, 0.3) is 10.8 Å². The van der Waals surface area contributed by atoms with E-state index in [1.165, 1.54) is 14.0 Å². The van der Waals surface area contributed by atoms with Gasteiger partial charge in [-0.1, -0.05) is 43.3 Å². The van der Waals surface area contributed by atoms with Crippen LogP contribution >= 0.6 is 0 Å². The molecule has 0 saturated carbocycles. The molecule has 3 rings (SSSR count). The molecule has 0 fully saturated rings. The average molecular weight is 338 g/mol. The lowest BCUT2D eigenvalue weighted by molar-refractivity contribution is -0.153. The van der Waals surface area contributed by atoms with Crippen molar-refractivity contribution in [3.8, 4) is 0 Å². The summed E-state index contributed by atoms with van der Waals surface area (Å²) in [6, 6.07) is 11.7. The van der Waals surface area contributed by atoms with Gasteiger partial charge in [0.25, 0.3) is 0 Å². The Morgan fingerprint density at radius 3 is 2.60 bits per heavy atom. The summed E-state index contributed by atoms with van der Waals surface area (Å²) in [4.78, 5) is 37.6. The van der Waals surface area contributed by atoms with Crippen molar-refractivity contribution >= 4 is 28.3 Å². The Labute approximate surface area is 147 Å². The minimum atomic E-state index is -1.28. The number of hydrogen-bond acceptors (Lipinski definition) is 4. The van der Waals surface area contributed by atoms with Crippen LogP contribution in [0.3, 0.4) is 0 Å². The van der Waals surface area contributed by atoms with Gasteiger partial charge in [-0.2, -0.15) is 0 Å². The normalized spacial score (nSPS) is 20.8. The quantitative estimate of drug-likeness (QED) is 0.629. The highest BCUT2D eigenvalue weighted by Crippen LogP contribution is 2.45. The molecule has 0 aromatic heterocycles. The topological polar surface area (TPSA) is 60.4 Å². The molecule has 2 aromatic carbocycles. The summed E-state index contributed by atoms with van der Waals surface area (Å²) in [6.45, 7) is 3.28. The molecule has 25 heavy (non-hydrogen) atoms. The fourth-order valence-corrected chi connectivity index (χ4v) is 4.15. The van der Waals surface area contributed by atoms with E-state index in [2.05, 4.69) is 0 Å². The highest BCUT2D eigenvalue weighted by Gasteiger charge is 2.53. The first-order chi connectivity index (χ1) is 11.9. The fraction of sp³-hybridized carbons (Fsp3) is 0.381. The summed E-state index contributed by atoms with van der Waals surface area (Å²) in [6.07, 6.45) is 1.16. The van der Waals surface area contributed by atoms with Crippen LogP contribution in [-0.2, 0) is 20.7 Å². The Morgan fingerprint density at radius 2 is 1.92 bits per heavy atom. The first-order valence-corrected chi connectivity index (χ1v) is 8.55. The summed E-state index contributed by atoms with van der Waals surface area (Å²) in [5, 5.41) is 2.13. The number of fused-ring (bicyclic) bond motifs is 3. The molecule has 0 saturated heterocycles. The summed E-state index contributed by atoms with van der Waals surface area (Å²) < 4.78 is 5.00. The van der Waals surface area contributed by atoms with E-state index in [0.29, 0.717) is 18.4 Å². The number of Topliss-reactive ketones (excluding diaryl/α,β-unsaturated/α-hetero) is 2. The standard InChI is InChI=1S/C21H22O4/c1-13(12-14(2)22)21(20(24)25-3)11-10-17-16-7-5-4-6-15(16)8-9-18(17)19(21)23/h4-9,13H,10-12H2,1-3H3/t13-,21+/m1/s1. The third-order valence-corrected chi connectivity index (χ3v) is 5.44. The van der Waals surface area contributed by atoms with Crippen molar-refractivity contribution in [2.45, 2.75) is 33.1 Å². The maximum atomic E-state index is 13.4. The lowest BCUT2D eigenvalue weighted by atomic mass is 9.62. The second-order valence-electron chi connectivity index (χ2n) is 6.91. The highest BCUT2D eigenvalue weighted by molar-refractivity contribution is 6.16. The molecule has 0 aliphatic heterocycles. The first kappa shape index (κ1) is 17.3. The maximum absolute atomic E-state index is 13.4. The van der Waals surface area contributed by atoms with Crippen LogP contribution in [0.1, 0.15) is 42.6 Å². The predicted molar refractivity (Wildman–Crippen MR) is 95.5 cm³/mol. The van der Waals surface area contributed by atoms with E-state index in [0.717, 1.165) is 16.3 Å². The van der Waals surface area contributed by atoms with Crippen LogP contribution < -0.4 is 0 Å². The second kappa shape index (κ2) is 6.43. The largest absolute Gasteiger partial charge is 0.468 e. The minimum absolute atomic E-state index is 0.0344. The number of esters is 1. The number of hydrogen-bond donors (Lipinski definition) is 0. The van der Waals surface area contributed by atoms with Crippen LogP contribution in [-0.4, -0.2) is 24.6 Å². The lowest BCUT2D eigenvalue weighted by Crippen LogP contribution is -2.49. The molecule has 0 bridgehead atoms. The van der Waals surface area contributed by atoms with Crippen molar-refractivity contribution in [3.05, 3.63) is 47.5 Å². The SMILES string of the molecule is COC(=O)[C@]1([C@H](C)CC(C)=O)CCc2c(ccc3ccccc23)C1=O. The van der Waals surface area contributed by atoms with E-state index in [-0.39, 0.29) is 18.0 Å². The van der Waals surface area contributed by atoms with Crippen molar-refractivity contribution in [2.24, 2.45) is 11.3 Å². The van der Waals surface area contributed by atoms with E-state index >= 15 is 0 Å². The van der Waals surface area contributed by atoms with Crippen molar-refractivity contribution < 1.29 is 19.1 Å². The summed E-state index contributed by atoms with van der Waals surface area (Å²) in [5.41, 5.74) is 0.277. The molecule has 1 aliphatic carbocycles. The van der Waals surface area contributed by atoms with Gasteiger partial charge in [0, 0.05) is 12.0 Å². The number of carbonyl (C=O) groups excluding carboxylic acids is 3. The van der Waals surface area contributed by atoms with E-state index in [4.69, 9.17) is 4.74 Å². The van der Waals surface area contributed by atoms with Crippen molar-refractivity contribution in [1.29, 1.82) is 0 Å². The number of rotatable bonds is 4. The zero-order valence-corrected chi connectivity index (χ0v) is 14.8. The van der Waals surface area contributed by atoms with E-state index < -0.39 is 17.3 Å². The third-order valence-electron chi connectivity index (χ3n) is 5.44. The van der Waals surface area contributed by atoms with Gasteiger partial charge < -0.3 is 9.53 Å². The van der Waals surface area contributed by atoms with Gasteiger partial charge in [-0.25, -0.2) is 0 Å². The van der Waals surface area contributed by atoms with Crippen LogP contribution in [0.15, 0.2) is 36.4 Å². The molecule has 4 nitrogen and oxygen atoms in total. The molecule has 0 N–H and O–H groups in total.